The van der Waals surface area contributed by atoms with Gasteiger partial charge in [-0.2, -0.15) is 0 Å². The van der Waals surface area contributed by atoms with E-state index >= 15 is 0 Å². The minimum atomic E-state index is -0.554. The van der Waals surface area contributed by atoms with Crippen molar-refractivity contribution < 1.29 is 4.79 Å². The summed E-state index contributed by atoms with van der Waals surface area (Å²) in [5, 5.41) is 0.0189. The van der Waals surface area contributed by atoms with E-state index < -0.39 is 5.91 Å². The predicted octanol–water partition coefficient (Wildman–Crippen LogP) is -0.678. The normalized spacial score (nSPS) is 9.92. The molecule has 7 heteroatoms. The largest absolute Gasteiger partial charge is 0.382 e. The third-order valence-corrected chi connectivity index (χ3v) is 1.60. The van der Waals surface area contributed by atoms with Gasteiger partial charge in [0.25, 0.3) is 0 Å². The third-order valence-electron chi connectivity index (χ3n) is 1.32. The summed E-state index contributed by atoms with van der Waals surface area (Å²) in [7, 11) is 0. The van der Waals surface area contributed by atoms with Crippen molar-refractivity contribution in [1.82, 2.24) is 9.97 Å². The van der Waals surface area contributed by atoms with E-state index in [0.29, 0.717) is 0 Å². The van der Waals surface area contributed by atoms with E-state index in [9.17, 15) is 4.79 Å². The van der Waals surface area contributed by atoms with Gasteiger partial charge in [0.15, 0.2) is 11.0 Å². The fourth-order valence-electron chi connectivity index (χ4n) is 0.769. The quantitative estimate of drug-likeness (QED) is 0.586. The highest BCUT2D eigenvalue weighted by molar-refractivity contribution is 6.31. The molecule has 0 bridgehead atoms. The van der Waals surface area contributed by atoms with Crippen LogP contribution in [0.5, 0.6) is 0 Å². The molecule has 13 heavy (non-hydrogen) atoms. The van der Waals surface area contributed by atoms with Crippen LogP contribution in [0.2, 0.25) is 5.15 Å². The van der Waals surface area contributed by atoms with Crippen LogP contribution >= 0.6 is 11.6 Å². The number of anilines is 2. The maximum atomic E-state index is 10.5. The van der Waals surface area contributed by atoms with Crippen molar-refractivity contribution in [2.45, 2.75) is 6.42 Å². The smallest absolute Gasteiger partial charge is 0.223 e. The molecule has 0 radical (unpaired) electrons. The molecule has 1 rings (SSSR count). The zero-order chi connectivity index (χ0) is 10.0. The molecule has 0 aliphatic heterocycles. The summed E-state index contributed by atoms with van der Waals surface area (Å²) in [6.45, 7) is 0. The Bertz CT molecular complexity index is 353. The van der Waals surface area contributed by atoms with Crippen LogP contribution < -0.4 is 17.2 Å². The van der Waals surface area contributed by atoms with E-state index in [4.69, 9.17) is 28.8 Å². The lowest BCUT2D eigenvalue weighted by atomic mass is 10.3. The van der Waals surface area contributed by atoms with Crippen LogP contribution in [0.4, 0.5) is 11.6 Å². The highest BCUT2D eigenvalue weighted by atomic mass is 35.5. The molecule has 0 saturated carbocycles. The van der Waals surface area contributed by atoms with Crippen LogP contribution in [0.1, 0.15) is 5.69 Å². The van der Waals surface area contributed by atoms with Crippen LogP contribution in [0.25, 0.3) is 0 Å². The number of nitrogens with zero attached hydrogens (tertiary/aromatic N) is 2. The molecule has 1 aromatic heterocycles. The molecule has 0 aliphatic rings. The topological polar surface area (TPSA) is 121 Å². The van der Waals surface area contributed by atoms with Crippen molar-refractivity contribution in [2.24, 2.45) is 5.73 Å². The van der Waals surface area contributed by atoms with Crippen LogP contribution in [-0.4, -0.2) is 15.9 Å². The molecule has 1 aromatic rings. The molecular weight excluding hydrogens is 194 g/mol. The molecule has 70 valence electrons. The lowest BCUT2D eigenvalue weighted by Crippen LogP contribution is -2.17. The van der Waals surface area contributed by atoms with E-state index in [0.717, 1.165) is 0 Å². The monoisotopic (exact) mass is 201 g/mol. The van der Waals surface area contributed by atoms with Gasteiger partial charge in [0.1, 0.15) is 5.82 Å². The number of hydrogen-bond donors (Lipinski definition) is 3. The second-order valence-electron chi connectivity index (χ2n) is 2.37. The minimum absolute atomic E-state index is 0.0189. The van der Waals surface area contributed by atoms with Crippen molar-refractivity contribution in [3.05, 3.63) is 10.8 Å². The van der Waals surface area contributed by atoms with Crippen molar-refractivity contribution in [3.8, 4) is 0 Å². The van der Waals surface area contributed by atoms with Gasteiger partial charge in [0.05, 0.1) is 12.1 Å². The van der Waals surface area contributed by atoms with Crippen molar-refractivity contribution in [1.29, 1.82) is 0 Å². The zero-order valence-electron chi connectivity index (χ0n) is 6.62. The summed E-state index contributed by atoms with van der Waals surface area (Å²) in [6, 6.07) is 0. The molecule has 0 unspecified atom stereocenters. The molecule has 0 aromatic carbocycles. The van der Waals surface area contributed by atoms with E-state index in [1.807, 2.05) is 0 Å². The van der Waals surface area contributed by atoms with E-state index in [2.05, 4.69) is 9.97 Å². The van der Waals surface area contributed by atoms with Gasteiger partial charge in [-0.1, -0.05) is 11.6 Å². The van der Waals surface area contributed by atoms with Gasteiger partial charge in [0.2, 0.25) is 5.91 Å². The number of nitrogens with two attached hydrogens (primary N) is 3. The molecule has 1 heterocycles. The zero-order valence-corrected chi connectivity index (χ0v) is 7.38. The second kappa shape index (κ2) is 3.44. The first kappa shape index (κ1) is 9.53. The van der Waals surface area contributed by atoms with Gasteiger partial charge in [-0.25, -0.2) is 9.97 Å². The predicted molar refractivity (Wildman–Crippen MR) is 48.8 cm³/mol. The Kier molecular flexibility index (Phi) is 2.52. The van der Waals surface area contributed by atoms with E-state index in [-0.39, 0.29) is 28.9 Å². The number of aromatic nitrogens is 2. The van der Waals surface area contributed by atoms with Crippen LogP contribution in [0, 0.1) is 0 Å². The summed E-state index contributed by atoms with van der Waals surface area (Å²) in [5.41, 5.74) is 15.9. The van der Waals surface area contributed by atoms with Gasteiger partial charge < -0.3 is 17.2 Å². The lowest BCUT2D eigenvalue weighted by molar-refractivity contribution is -0.117. The Hall–Kier alpha value is -1.56. The molecule has 0 fully saturated rings. The highest BCUT2D eigenvalue weighted by Crippen LogP contribution is 2.17. The maximum absolute atomic E-state index is 10.5. The average molecular weight is 202 g/mol. The molecule has 0 saturated heterocycles. The van der Waals surface area contributed by atoms with E-state index in [1.54, 1.807) is 0 Å². The van der Waals surface area contributed by atoms with Crippen molar-refractivity contribution in [2.75, 3.05) is 11.5 Å². The maximum Gasteiger partial charge on any atom is 0.223 e. The van der Waals surface area contributed by atoms with Gasteiger partial charge in [-0.3, -0.25) is 4.79 Å². The SMILES string of the molecule is NC(=O)Cc1nc(Cl)c(N)nc1N. The second-order valence-corrected chi connectivity index (χ2v) is 2.73. The Morgan fingerprint density at radius 1 is 1.31 bits per heavy atom. The van der Waals surface area contributed by atoms with Crippen LogP contribution in [0.3, 0.4) is 0 Å². The molecule has 0 spiro atoms. The van der Waals surface area contributed by atoms with E-state index in [1.165, 1.54) is 0 Å². The fraction of sp³-hybridized carbons (Fsp3) is 0.167. The van der Waals surface area contributed by atoms with Crippen molar-refractivity contribution in [3.63, 3.8) is 0 Å². The molecule has 0 atom stereocenters. The molecule has 6 nitrogen and oxygen atoms in total. The Morgan fingerprint density at radius 2 is 1.92 bits per heavy atom. The standard InChI is InChI=1S/C6H8ClN5O/c7-4-6(10)12-5(9)2(11-4)1-3(8)13/h1H2,(H2,8,13)(H4,9,10,12). The Morgan fingerprint density at radius 3 is 2.46 bits per heavy atom. The molecule has 0 aliphatic carbocycles. The van der Waals surface area contributed by atoms with Gasteiger partial charge in [-0.05, 0) is 0 Å². The number of nitrogen functional groups attached to an aromatic ring is 2. The number of carbonyl (C=O) groups is 1. The highest BCUT2D eigenvalue weighted by Gasteiger charge is 2.09. The molecular formula is C6H8ClN5O. The first-order chi connectivity index (χ1) is 6.00. The summed E-state index contributed by atoms with van der Waals surface area (Å²) < 4.78 is 0. The first-order valence-electron chi connectivity index (χ1n) is 3.36. The average Bonchev–Trinajstić information content (AvgIpc) is 1.99. The third kappa shape index (κ3) is 2.19. The molecule has 6 N–H and O–H groups in total. The number of hydrogen-bond acceptors (Lipinski definition) is 5. The van der Waals surface area contributed by atoms with Gasteiger partial charge in [-0.15, -0.1) is 0 Å². The molecule has 1 amide bonds. The summed E-state index contributed by atoms with van der Waals surface area (Å²) in [5.74, 6) is -0.449. The lowest BCUT2D eigenvalue weighted by Gasteiger charge is -2.03. The van der Waals surface area contributed by atoms with Crippen LogP contribution in [0.15, 0.2) is 0 Å². The van der Waals surface area contributed by atoms with Crippen molar-refractivity contribution >= 4 is 29.1 Å². The number of carbonyl (C=O) groups excluding carboxylic acids is 1. The number of halogens is 1. The number of amides is 1. The number of rotatable bonds is 2. The number of primary amides is 1. The summed E-state index contributed by atoms with van der Waals surface area (Å²) in [4.78, 5) is 18.0. The first-order valence-corrected chi connectivity index (χ1v) is 3.74. The minimum Gasteiger partial charge on any atom is -0.382 e. The summed E-state index contributed by atoms with van der Waals surface area (Å²) in [6.07, 6.45) is -0.0984. The fourth-order valence-corrected chi connectivity index (χ4v) is 0.913. The van der Waals surface area contributed by atoms with Crippen LogP contribution in [-0.2, 0) is 11.2 Å². The van der Waals surface area contributed by atoms with Gasteiger partial charge >= 0.3 is 0 Å². The Labute approximate surface area is 79.1 Å². The summed E-state index contributed by atoms with van der Waals surface area (Å²) >= 11 is 5.56. The Balaban J connectivity index is 3.08. The van der Waals surface area contributed by atoms with Gasteiger partial charge in [0, 0.05) is 0 Å².